The summed E-state index contributed by atoms with van der Waals surface area (Å²) in [5.74, 6) is 0.266. The number of rotatable bonds is 3. The molecule has 2 rings (SSSR count). The van der Waals surface area contributed by atoms with E-state index in [9.17, 15) is 4.79 Å². The van der Waals surface area contributed by atoms with Crippen molar-refractivity contribution in [1.82, 2.24) is 0 Å². The molecule has 0 aliphatic carbocycles. The van der Waals surface area contributed by atoms with Gasteiger partial charge in [0, 0.05) is 24.2 Å². The second kappa shape index (κ2) is 3.82. The molecule has 0 saturated heterocycles. The molecule has 1 aliphatic heterocycles. The van der Waals surface area contributed by atoms with Gasteiger partial charge in [-0.3, -0.25) is 4.79 Å². The summed E-state index contributed by atoms with van der Waals surface area (Å²) < 4.78 is 0. The van der Waals surface area contributed by atoms with Gasteiger partial charge in [0.25, 0.3) is 0 Å². The predicted molar refractivity (Wildman–Crippen MR) is 57.9 cm³/mol. The van der Waals surface area contributed by atoms with Crippen LogP contribution in [0.2, 0.25) is 0 Å². The molecule has 0 atom stereocenters. The molecule has 74 valence electrons. The summed E-state index contributed by atoms with van der Waals surface area (Å²) in [6.07, 6.45) is 2.63. The van der Waals surface area contributed by atoms with Crippen molar-refractivity contribution in [2.45, 2.75) is 26.2 Å². The monoisotopic (exact) mass is 189 g/mol. The minimum Gasteiger partial charge on any atom is -0.384 e. The Labute approximate surface area is 84.3 Å². The van der Waals surface area contributed by atoms with Crippen LogP contribution in [0.1, 0.15) is 35.7 Å². The largest absolute Gasteiger partial charge is 0.384 e. The Morgan fingerprint density at radius 2 is 2.36 bits per heavy atom. The van der Waals surface area contributed by atoms with Crippen LogP contribution >= 0.6 is 0 Å². The van der Waals surface area contributed by atoms with Crippen LogP contribution in [-0.4, -0.2) is 12.3 Å². The number of anilines is 1. The molecule has 0 bridgehead atoms. The first-order valence-corrected chi connectivity index (χ1v) is 5.21. The molecule has 2 nitrogen and oxygen atoms in total. The highest BCUT2D eigenvalue weighted by Crippen LogP contribution is 2.23. The van der Waals surface area contributed by atoms with Crippen molar-refractivity contribution in [2.75, 3.05) is 11.9 Å². The minimum absolute atomic E-state index is 0.266. The van der Waals surface area contributed by atoms with Crippen LogP contribution < -0.4 is 5.32 Å². The highest BCUT2D eigenvalue weighted by molar-refractivity contribution is 5.96. The number of nitrogens with one attached hydrogen (secondary N) is 1. The summed E-state index contributed by atoms with van der Waals surface area (Å²) in [7, 11) is 0. The molecular formula is C12H15NO. The van der Waals surface area contributed by atoms with Crippen LogP contribution in [0.5, 0.6) is 0 Å². The maximum atomic E-state index is 11.6. The molecule has 2 heteroatoms. The standard InChI is InChI=1S/C12H15NO/c1-2-3-12(14)10-4-5-11-9(8-10)6-7-13-11/h4-5,8,13H,2-3,6-7H2,1H3. The van der Waals surface area contributed by atoms with Gasteiger partial charge in [0.15, 0.2) is 5.78 Å². The Morgan fingerprint density at radius 3 is 3.14 bits per heavy atom. The van der Waals surface area contributed by atoms with Gasteiger partial charge >= 0.3 is 0 Å². The fourth-order valence-electron chi connectivity index (χ4n) is 1.85. The van der Waals surface area contributed by atoms with Crippen molar-refractivity contribution < 1.29 is 4.79 Å². The van der Waals surface area contributed by atoms with E-state index in [-0.39, 0.29) is 5.78 Å². The number of carbonyl (C=O) groups is 1. The van der Waals surface area contributed by atoms with Crippen LogP contribution in [-0.2, 0) is 6.42 Å². The fourth-order valence-corrected chi connectivity index (χ4v) is 1.85. The van der Waals surface area contributed by atoms with Crippen molar-refractivity contribution in [3.05, 3.63) is 29.3 Å². The van der Waals surface area contributed by atoms with Gasteiger partial charge in [-0.1, -0.05) is 6.92 Å². The molecule has 1 aromatic carbocycles. The average molecular weight is 189 g/mol. The molecule has 0 unspecified atom stereocenters. The van der Waals surface area contributed by atoms with Gasteiger partial charge in [0.1, 0.15) is 0 Å². The lowest BCUT2D eigenvalue weighted by Crippen LogP contribution is -1.98. The molecule has 0 radical (unpaired) electrons. The molecule has 1 heterocycles. The molecule has 0 saturated carbocycles. The smallest absolute Gasteiger partial charge is 0.162 e. The highest BCUT2D eigenvalue weighted by atomic mass is 16.1. The zero-order valence-electron chi connectivity index (χ0n) is 8.47. The molecule has 0 aromatic heterocycles. The van der Waals surface area contributed by atoms with Crippen molar-refractivity contribution in [1.29, 1.82) is 0 Å². The maximum Gasteiger partial charge on any atom is 0.162 e. The highest BCUT2D eigenvalue weighted by Gasteiger charge is 2.12. The zero-order chi connectivity index (χ0) is 9.97. The summed E-state index contributed by atoms with van der Waals surface area (Å²) >= 11 is 0. The first-order chi connectivity index (χ1) is 6.81. The van der Waals surface area contributed by atoms with Crippen molar-refractivity contribution in [3.63, 3.8) is 0 Å². The zero-order valence-corrected chi connectivity index (χ0v) is 8.47. The molecular weight excluding hydrogens is 174 g/mol. The van der Waals surface area contributed by atoms with Gasteiger partial charge in [-0.15, -0.1) is 0 Å². The van der Waals surface area contributed by atoms with Crippen molar-refractivity contribution >= 4 is 11.5 Å². The van der Waals surface area contributed by atoms with Crippen molar-refractivity contribution in [2.24, 2.45) is 0 Å². The number of benzene rings is 1. The lowest BCUT2D eigenvalue weighted by atomic mass is 10.0. The van der Waals surface area contributed by atoms with Crippen LogP contribution in [0, 0.1) is 0 Å². The molecule has 0 spiro atoms. The van der Waals surface area contributed by atoms with E-state index in [1.54, 1.807) is 0 Å². The summed E-state index contributed by atoms with van der Waals surface area (Å²) in [5.41, 5.74) is 3.35. The van der Waals surface area contributed by atoms with E-state index in [2.05, 4.69) is 5.32 Å². The van der Waals surface area contributed by atoms with Gasteiger partial charge in [-0.25, -0.2) is 0 Å². The molecule has 0 fully saturated rings. The van der Waals surface area contributed by atoms with E-state index < -0.39 is 0 Å². The number of carbonyl (C=O) groups excluding carboxylic acids is 1. The lowest BCUT2D eigenvalue weighted by molar-refractivity contribution is 0.0981. The van der Waals surface area contributed by atoms with Gasteiger partial charge < -0.3 is 5.32 Å². The maximum absolute atomic E-state index is 11.6. The quantitative estimate of drug-likeness (QED) is 0.740. The van der Waals surface area contributed by atoms with Gasteiger partial charge in [-0.2, -0.15) is 0 Å². The van der Waals surface area contributed by atoms with Crippen LogP contribution in [0.3, 0.4) is 0 Å². The SMILES string of the molecule is CCCC(=O)c1ccc2c(c1)CCN2. The third-order valence-electron chi connectivity index (χ3n) is 2.61. The van der Waals surface area contributed by atoms with Gasteiger partial charge in [0.2, 0.25) is 0 Å². The number of hydrogen-bond acceptors (Lipinski definition) is 2. The lowest BCUT2D eigenvalue weighted by Gasteiger charge is -2.03. The average Bonchev–Trinajstić information content (AvgIpc) is 2.64. The van der Waals surface area contributed by atoms with E-state index in [1.807, 2.05) is 25.1 Å². The first-order valence-electron chi connectivity index (χ1n) is 5.21. The van der Waals surface area contributed by atoms with E-state index in [4.69, 9.17) is 0 Å². The Balaban J connectivity index is 2.24. The number of hydrogen-bond donors (Lipinski definition) is 1. The minimum atomic E-state index is 0.266. The molecule has 0 amide bonds. The molecule has 14 heavy (non-hydrogen) atoms. The Bertz CT molecular complexity index is 357. The first kappa shape index (κ1) is 9.25. The summed E-state index contributed by atoms with van der Waals surface area (Å²) in [5, 5.41) is 3.29. The van der Waals surface area contributed by atoms with Crippen LogP contribution in [0.25, 0.3) is 0 Å². The van der Waals surface area contributed by atoms with E-state index >= 15 is 0 Å². The summed E-state index contributed by atoms with van der Waals surface area (Å²) in [6.45, 7) is 3.04. The Kier molecular flexibility index (Phi) is 2.53. The third kappa shape index (κ3) is 1.65. The van der Waals surface area contributed by atoms with Gasteiger partial charge in [-0.05, 0) is 36.6 Å². The van der Waals surface area contributed by atoms with Crippen LogP contribution in [0.15, 0.2) is 18.2 Å². The molecule has 1 aliphatic rings. The Morgan fingerprint density at radius 1 is 1.50 bits per heavy atom. The number of fused-ring (bicyclic) bond motifs is 1. The second-order valence-electron chi connectivity index (χ2n) is 3.72. The van der Waals surface area contributed by atoms with Crippen LogP contribution in [0.4, 0.5) is 5.69 Å². The topological polar surface area (TPSA) is 29.1 Å². The summed E-state index contributed by atoms with van der Waals surface area (Å²) in [6, 6.07) is 5.98. The van der Waals surface area contributed by atoms with E-state index in [0.717, 1.165) is 24.9 Å². The van der Waals surface area contributed by atoms with Crippen molar-refractivity contribution in [3.8, 4) is 0 Å². The second-order valence-corrected chi connectivity index (χ2v) is 3.72. The number of Topliss-reactive ketones (excluding diaryl/α,β-unsaturated/α-hetero) is 1. The Hall–Kier alpha value is -1.31. The molecule has 1 aromatic rings. The summed E-state index contributed by atoms with van der Waals surface area (Å²) in [4.78, 5) is 11.6. The normalized spacial score (nSPS) is 13.5. The fraction of sp³-hybridized carbons (Fsp3) is 0.417. The van der Waals surface area contributed by atoms with Gasteiger partial charge in [0.05, 0.1) is 0 Å². The number of ketones is 1. The van der Waals surface area contributed by atoms with E-state index in [1.165, 1.54) is 11.3 Å². The van der Waals surface area contributed by atoms with E-state index in [0.29, 0.717) is 6.42 Å². The third-order valence-corrected chi connectivity index (χ3v) is 2.61. The predicted octanol–water partition coefficient (Wildman–Crippen LogP) is 2.64. The molecule has 1 N–H and O–H groups in total.